The van der Waals surface area contributed by atoms with Crippen LogP contribution in [0.4, 0.5) is 8.78 Å². The molecule has 0 saturated heterocycles. The van der Waals surface area contributed by atoms with E-state index in [0.29, 0.717) is 28.1 Å². The van der Waals surface area contributed by atoms with E-state index >= 15 is 0 Å². The molecule has 144 valence electrons. The van der Waals surface area contributed by atoms with Crippen LogP contribution in [0, 0.1) is 0 Å². The second kappa shape index (κ2) is 8.92. The lowest BCUT2D eigenvalue weighted by atomic mass is 10.1. The Labute approximate surface area is 163 Å². The molecule has 0 aliphatic rings. The third-order valence-electron chi connectivity index (χ3n) is 3.85. The summed E-state index contributed by atoms with van der Waals surface area (Å²) in [5.41, 5.74) is 2.27. The highest BCUT2D eigenvalue weighted by Crippen LogP contribution is 2.28. The van der Waals surface area contributed by atoms with Gasteiger partial charge in [0.05, 0.1) is 7.11 Å². The molecule has 5 nitrogen and oxygen atoms in total. The highest BCUT2D eigenvalue weighted by atomic mass is 35.5. The highest BCUT2D eigenvalue weighted by molar-refractivity contribution is 5.85. The summed E-state index contributed by atoms with van der Waals surface area (Å²) in [5.74, 6) is 1.08. The first-order valence-electron chi connectivity index (χ1n) is 8.11. The summed E-state index contributed by atoms with van der Waals surface area (Å²) in [5, 5.41) is 4.01. The quantitative estimate of drug-likeness (QED) is 0.617. The van der Waals surface area contributed by atoms with E-state index in [1.54, 1.807) is 37.4 Å². The summed E-state index contributed by atoms with van der Waals surface area (Å²) < 4.78 is 32.8. The molecule has 0 spiro atoms. The molecular formula is C19H21ClF2N4O. The van der Waals surface area contributed by atoms with Crippen molar-refractivity contribution < 1.29 is 13.5 Å². The number of methoxy groups -OCH3 is 1. The van der Waals surface area contributed by atoms with Crippen molar-refractivity contribution in [2.45, 2.75) is 13.1 Å². The minimum Gasteiger partial charge on any atom is -0.497 e. The van der Waals surface area contributed by atoms with E-state index in [4.69, 9.17) is 4.74 Å². The maximum Gasteiger partial charge on any atom is 0.335 e. The van der Waals surface area contributed by atoms with Crippen LogP contribution in [0.25, 0.3) is 22.8 Å². The van der Waals surface area contributed by atoms with E-state index in [-0.39, 0.29) is 24.1 Å². The van der Waals surface area contributed by atoms with Crippen LogP contribution in [-0.2, 0) is 6.54 Å². The zero-order chi connectivity index (χ0) is 18.7. The van der Waals surface area contributed by atoms with Gasteiger partial charge in [-0.25, -0.2) is 4.98 Å². The van der Waals surface area contributed by atoms with E-state index in [9.17, 15) is 8.78 Å². The molecule has 1 heterocycles. The zero-order valence-electron chi connectivity index (χ0n) is 15.3. The Hall–Kier alpha value is -2.51. The number of rotatable bonds is 6. The van der Waals surface area contributed by atoms with E-state index in [1.807, 2.05) is 37.2 Å². The molecule has 0 N–H and O–H groups in total. The van der Waals surface area contributed by atoms with Gasteiger partial charge in [0.2, 0.25) is 0 Å². The van der Waals surface area contributed by atoms with Crippen LogP contribution >= 0.6 is 12.4 Å². The van der Waals surface area contributed by atoms with Crippen molar-refractivity contribution in [3.63, 3.8) is 0 Å². The predicted molar refractivity (Wildman–Crippen MR) is 103 cm³/mol. The maximum absolute atomic E-state index is 13.5. The summed E-state index contributed by atoms with van der Waals surface area (Å²) in [7, 11) is 5.48. The van der Waals surface area contributed by atoms with Crippen molar-refractivity contribution in [2.75, 3.05) is 21.2 Å². The molecule has 0 fully saturated rings. The van der Waals surface area contributed by atoms with E-state index in [0.717, 1.165) is 5.56 Å². The lowest BCUT2D eigenvalue weighted by Crippen LogP contribution is -2.10. The van der Waals surface area contributed by atoms with Gasteiger partial charge in [-0.2, -0.15) is 13.5 Å². The lowest BCUT2D eigenvalue weighted by molar-refractivity contribution is 0.0584. The molecular weight excluding hydrogens is 374 g/mol. The summed E-state index contributed by atoms with van der Waals surface area (Å²) in [6, 6.07) is 14.4. The SMILES string of the molecule is COc1ccc(-c2nc(-c3cccc(CN(C)C)c3)n(C(F)F)n2)cc1.Cl. The average molecular weight is 395 g/mol. The van der Waals surface area contributed by atoms with Gasteiger partial charge in [-0.1, -0.05) is 18.2 Å². The maximum atomic E-state index is 13.5. The van der Waals surface area contributed by atoms with Crippen molar-refractivity contribution in [3.05, 3.63) is 54.1 Å². The average Bonchev–Trinajstić information content (AvgIpc) is 3.07. The van der Waals surface area contributed by atoms with Gasteiger partial charge in [0.1, 0.15) is 5.75 Å². The molecule has 3 rings (SSSR count). The molecule has 0 saturated carbocycles. The van der Waals surface area contributed by atoms with Gasteiger partial charge >= 0.3 is 6.55 Å². The third-order valence-corrected chi connectivity index (χ3v) is 3.85. The smallest absolute Gasteiger partial charge is 0.335 e. The molecule has 1 aromatic heterocycles. The van der Waals surface area contributed by atoms with Gasteiger partial charge < -0.3 is 9.64 Å². The molecule has 0 unspecified atom stereocenters. The Morgan fingerprint density at radius 2 is 1.78 bits per heavy atom. The molecule has 2 aromatic carbocycles. The minimum atomic E-state index is -2.78. The number of halogens is 3. The molecule has 8 heteroatoms. The van der Waals surface area contributed by atoms with Crippen molar-refractivity contribution in [1.82, 2.24) is 19.7 Å². The molecule has 27 heavy (non-hydrogen) atoms. The number of benzene rings is 2. The predicted octanol–water partition coefficient (Wildman–Crippen LogP) is 4.50. The van der Waals surface area contributed by atoms with Crippen LogP contribution in [0.15, 0.2) is 48.5 Å². The molecule has 0 atom stereocenters. The molecule has 0 bridgehead atoms. The van der Waals surface area contributed by atoms with Crippen molar-refractivity contribution >= 4 is 12.4 Å². The van der Waals surface area contributed by atoms with Gasteiger partial charge in [0.25, 0.3) is 0 Å². The molecule has 0 aliphatic heterocycles. The Kier molecular flexibility index (Phi) is 6.87. The summed E-state index contributed by atoms with van der Waals surface area (Å²) >= 11 is 0. The Balaban J connectivity index is 0.00000261. The van der Waals surface area contributed by atoms with E-state index in [2.05, 4.69) is 10.1 Å². The number of aromatic nitrogens is 3. The second-order valence-electron chi connectivity index (χ2n) is 6.15. The number of alkyl halides is 2. The number of ether oxygens (including phenoxy) is 1. The molecule has 0 amide bonds. The van der Waals surface area contributed by atoms with Gasteiger partial charge in [-0.05, 0) is 50.0 Å². The van der Waals surface area contributed by atoms with Crippen molar-refractivity contribution in [1.29, 1.82) is 0 Å². The molecule has 3 aromatic rings. The fourth-order valence-electron chi connectivity index (χ4n) is 2.69. The van der Waals surface area contributed by atoms with E-state index in [1.165, 1.54) is 0 Å². The van der Waals surface area contributed by atoms with Gasteiger partial charge in [-0.3, -0.25) is 0 Å². The van der Waals surface area contributed by atoms with E-state index < -0.39 is 6.55 Å². The van der Waals surface area contributed by atoms with Crippen molar-refractivity contribution in [2.24, 2.45) is 0 Å². The number of hydrogen-bond acceptors (Lipinski definition) is 4. The van der Waals surface area contributed by atoms with Crippen LogP contribution in [-0.4, -0.2) is 40.9 Å². The van der Waals surface area contributed by atoms with Crippen molar-refractivity contribution in [3.8, 4) is 28.5 Å². The monoisotopic (exact) mass is 394 g/mol. The second-order valence-corrected chi connectivity index (χ2v) is 6.15. The lowest BCUT2D eigenvalue weighted by Gasteiger charge is -2.11. The largest absolute Gasteiger partial charge is 0.497 e. The summed E-state index contributed by atoms with van der Waals surface area (Å²) in [6.45, 7) is -2.07. The Morgan fingerprint density at radius 3 is 2.37 bits per heavy atom. The molecule has 0 aliphatic carbocycles. The minimum absolute atomic E-state index is 0. The first-order valence-corrected chi connectivity index (χ1v) is 8.11. The number of nitrogens with zero attached hydrogens (tertiary/aromatic N) is 4. The standard InChI is InChI=1S/C19H20F2N4O.ClH/c1-24(2)12-13-5-4-6-15(11-13)18-22-17(23-25(18)19(20)21)14-7-9-16(26-3)10-8-14;/h4-11,19H,12H2,1-3H3;1H. The van der Waals surface area contributed by atoms with Gasteiger partial charge in [0.15, 0.2) is 11.6 Å². The molecule has 0 radical (unpaired) electrons. The topological polar surface area (TPSA) is 43.2 Å². The van der Waals surface area contributed by atoms with Gasteiger partial charge in [-0.15, -0.1) is 17.5 Å². The zero-order valence-corrected chi connectivity index (χ0v) is 16.1. The van der Waals surface area contributed by atoms with Crippen LogP contribution in [0.3, 0.4) is 0 Å². The van der Waals surface area contributed by atoms with Crippen LogP contribution in [0.1, 0.15) is 12.1 Å². The third kappa shape index (κ3) is 4.81. The summed E-state index contributed by atoms with van der Waals surface area (Å²) in [6.07, 6.45) is 0. The normalized spacial score (nSPS) is 10.9. The van der Waals surface area contributed by atoms with Gasteiger partial charge in [0, 0.05) is 17.7 Å². The first kappa shape index (κ1) is 20.8. The Morgan fingerprint density at radius 1 is 1.07 bits per heavy atom. The number of hydrogen-bond donors (Lipinski definition) is 0. The highest BCUT2D eigenvalue weighted by Gasteiger charge is 2.19. The summed E-state index contributed by atoms with van der Waals surface area (Å²) in [4.78, 5) is 6.38. The van der Waals surface area contributed by atoms with Crippen LogP contribution in [0.2, 0.25) is 0 Å². The van der Waals surface area contributed by atoms with Crippen LogP contribution < -0.4 is 4.74 Å². The fourth-order valence-corrected chi connectivity index (χ4v) is 2.69. The fraction of sp³-hybridized carbons (Fsp3) is 0.263. The first-order chi connectivity index (χ1) is 12.5. The van der Waals surface area contributed by atoms with Crippen LogP contribution in [0.5, 0.6) is 5.75 Å². The Bertz CT molecular complexity index is 882.